The Labute approximate surface area is 60.8 Å². The van der Waals surface area contributed by atoms with Crippen molar-refractivity contribution in [3.05, 3.63) is 36.7 Å². The molecule has 1 rings (SSSR count). The third-order valence-electron chi connectivity index (χ3n) is 1.24. The van der Waals surface area contributed by atoms with E-state index >= 15 is 0 Å². The molecule has 53 valence electrons. The van der Waals surface area contributed by atoms with Gasteiger partial charge in [0.15, 0.2) is 0 Å². The van der Waals surface area contributed by atoms with Gasteiger partial charge in [0.1, 0.15) is 6.61 Å². The zero-order chi connectivity index (χ0) is 7.23. The smallest absolute Gasteiger partial charge is 0.100 e. The van der Waals surface area contributed by atoms with Crippen LogP contribution in [0.15, 0.2) is 36.7 Å². The summed E-state index contributed by atoms with van der Waals surface area (Å²) in [5.74, 6) is 0. The lowest BCUT2D eigenvalue weighted by Crippen LogP contribution is -2.13. The molecular formula is C8H10NO. The van der Waals surface area contributed by atoms with Gasteiger partial charge in [0.2, 0.25) is 0 Å². The van der Waals surface area contributed by atoms with E-state index in [2.05, 4.69) is 0 Å². The lowest BCUT2D eigenvalue weighted by Gasteiger charge is -2.10. The number of nitrogens with zero attached hydrogens (tertiary/aromatic N) is 1. The van der Waals surface area contributed by atoms with Crippen LogP contribution in [0, 0.1) is 0 Å². The molecule has 0 atom stereocenters. The van der Waals surface area contributed by atoms with Crippen molar-refractivity contribution in [1.29, 1.82) is 0 Å². The van der Waals surface area contributed by atoms with Gasteiger partial charge in [0.05, 0.1) is 0 Å². The standard InChI is InChI=1S/C8H10NO/c10-8-7-9-5-3-1-2-4-6-9/h1-6H,7-8H2. The Balaban J connectivity index is 2.46. The van der Waals surface area contributed by atoms with E-state index in [-0.39, 0.29) is 6.61 Å². The summed E-state index contributed by atoms with van der Waals surface area (Å²) in [5.41, 5.74) is 0. The fourth-order valence-corrected chi connectivity index (χ4v) is 0.753. The lowest BCUT2D eigenvalue weighted by atomic mass is 10.5. The number of allylic oxidation sites excluding steroid dienone is 4. The summed E-state index contributed by atoms with van der Waals surface area (Å²) in [5, 5.41) is 10.2. The second-order valence-corrected chi connectivity index (χ2v) is 2.01. The molecule has 2 nitrogen and oxygen atoms in total. The predicted molar refractivity (Wildman–Crippen MR) is 39.7 cm³/mol. The first kappa shape index (κ1) is 7.09. The Kier molecular flexibility index (Phi) is 2.77. The van der Waals surface area contributed by atoms with E-state index < -0.39 is 0 Å². The molecule has 1 radical (unpaired) electrons. The van der Waals surface area contributed by atoms with Crippen LogP contribution in [0.3, 0.4) is 0 Å². The molecule has 0 amide bonds. The average molecular weight is 136 g/mol. The highest BCUT2D eigenvalue weighted by Crippen LogP contribution is 1.96. The first-order chi connectivity index (χ1) is 4.93. The summed E-state index contributed by atoms with van der Waals surface area (Å²) >= 11 is 0. The van der Waals surface area contributed by atoms with E-state index in [9.17, 15) is 5.11 Å². The van der Waals surface area contributed by atoms with Gasteiger partial charge in [-0.2, -0.15) is 0 Å². The minimum absolute atomic E-state index is 0.0608. The normalized spacial score (nSPS) is 15.9. The van der Waals surface area contributed by atoms with Crippen molar-refractivity contribution in [1.82, 2.24) is 4.90 Å². The molecule has 0 fully saturated rings. The molecule has 2 heteroatoms. The van der Waals surface area contributed by atoms with E-state index in [1.54, 1.807) is 0 Å². The second kappa shape index (κ2) is 3.90. The topological polar surface area (TPSA) is 23.1 Å². The van der Waals surface area contributed by atoms with Crippen LogP contribution in [0.2, 0.25) is 0 Å². The van der Waals surface area contributed by atoms with Crippen molar-refractivity contribution in [3.63, 3.8) is 0 Å². The van der Waals surface area contributed by atoms with Crippen LogP contribution in [-0.2, 0) is 5.11 Å². The van der Waals surface area contributed by atoms with Crippen molar-refractivity contribution in [2.75, 3.05) is 13.2 Å². The Morgan fingerprint density at radius 2 is 1.60 bits per heavy atom. The SMILES string of the molecule is [O]CCN1C=CC=CC=C1. The molecule has 0 saturated carbocycles. The predicted octanol–water partition coefficient (Wildman–Crippen LogP) is 1.32. The molecule has 1 heterocycles. The molecule has 1 aliphatic rings. The van der Waals surface area contributed by atoms with Crippen LogP contribution in [-0.4, -0.2) is 18.1 Å². The van der Waals surface area contributed by atoms with Gasteiger partial charge in [-0.3, -0.25) is 0 Å². The first-order valence-electron chi connectivity index (χ1n) is 3.29. The highest BCUT2D eigenvalue weighted by atomic mass is 16.3. The van der Waals surface area contributed by atoms with Gasteiger partial charge in [-0.15, -0.1) is 0 Å². The summed E-state index contributed by atoms with van der Waals surface area (Å²) in [7, 11) is 0. The third kappa shape index (κ3) is 2.07. The highest BCUT2D eigenvalue weighted by molar-refractivity contribution is 5.15. The molecule has 0 aromatic heterocycles. The summed E-state index contributed by atoms with van der Waals surface area (Å²) in [6, 6.07) is 0. The van der Waals surface area contributed by atoms with Crippen molar-refractivity contribution in [3.8, 4) is 0 Å². The van der Waals surface area contributed by atoms with Crippen LogP contribution in [0.25, 0.3) is 0 Å². The van der Waals surface area contributed by atoms with Crippen LogP contribution >= 0.6 is 0 Å². The molecular weight excluding hydrogens is 126 g/mol. The molecule has 0 aromatic rings. The Morgan fingerprint density at radius 1 is 1.00 bits per heavy atom. The largest absolute Gasteiger partial charge is 0.352 e. The van der Waals surface area contributed by atoms with Gasteiger partial charge >= 0.3 is 0 Å². The Hall–Kier alpha value is -1.02. The average Bonchev–Trinajstić information content (AvgIpc) is 2.17. The molecule has 0 aliphatic carbocycles. The zero-order valence-electron chi connectivity index (χ0n) is 5.73. The van der Waals surface area contributed by atoms with Gasteiger partial charge in [0.25, 0.3) is 0 Å². The van der Waals surface area contributed by atoms with Crippen molar-refractivity contribution in [2.24, 2.45) is 0 Å². The van der Waals surface area contributed by atoms with Crippen LogP contribution in [0.4, 0.5) is 0 Å². The van der Waals surface area contributed by atoms with E-state index in [0.717, 1.165) is 0 Å². The fraction of sp³-hybridized carbons (Fsp3) is 0.250. The van der Waals surface area contributed by atoms with Crippen molar-refractivity contribution >= 4 is 0 Å². The number of hydrogen-bond acceptors (Lipinski definition) is 1. The maximum absolute atomic E-state index is 10.2. The molecule has 0 spiro atoms. The molecule has 0 aromatic carbocycles. The van der Waals surface area contributed by atoms with E-state index in [0.29, 0.717) is 6.54 Å². The lowest BCUT2D eigenvalue weighted by molar-refractivity contribution is 0.176. The molecule has 0 unspecified atom stereocenters. The first-order valence-corrected chi connectivity index (χ1v) is 3.29. The van der Waals surface area contributed by atoms with E-state index in [1.807, 2.05) is 41.6 Å². The molecule has 0 bridgehead atoms. The Bertz CT molecular complexity index is 154. The maximum atomic E-state index is 10.2. The van der Waals surface area contributed by atoms with Crippen LogP contribution in [0.1, 0.15) is 0 Å². The third-order valence-corrected chi connectivity index (χ3v) is 1.24. The monoisotopic (exact) mass is 136 g/mol. The van der Waals surface area contributed by atoms with Crippen LogP contribution in [0.5, 0.6) is 0 Å². The quantitative estimate of drug-likeness (QED) is 0.561. The summed E-state index contributed by atoms with van der Waals surface area (Å²) in [6.07, 6.45) is 11.5. The Morgan fingerprint density at radius 3 is 2.10 bits per heavy atom. The molecule has 0 N–H and O–H groups in total. The molecule has 0 saturated heterocycles. The van der Waals surface area contributed by atoms with Crippen LogP contribution < -0.4 is 0 Å². The second-order valence-electron chi connectivity index (χ2n) is 2.01. The minimum atomic E-state index is -0.0608. The highest BCUT2D eigenvalue weighted by Gasteiger charge is 1.91. The maximum Gasteiger partial charge on any atom is 0.100 e. The summed E-state index contributed by atoms with van der Waals surface area (Å²) in [6.45, 7) is 0.489. The summed E-state index contributed by atoms with van der Waals surface area (Å²) in [4.78, 5) is 1.87. The van der Waals surface area contributed by atoms with Gasteiger partial charge in [-0.05, 0) is 12.2 Å². The van der Waals surface area contributed by atoms with E-state index in [4.69, 9.17) is 0 Å². The van der Waals surface area contributed by atoms with Gasteiger partial charge in [0, 0.05) is 18.9 Å². The minimum Gasteiger partial charge on any atom is -0.352 e. The number of rotatable bonds is 2. The van der Waals surface area contributed by atoms with E-state index in [1.165, 1.54) is 0 Å². The fourth-order valence-electron chi connectivity index (χ4n) is 0.753. The molecule has 10 heavy (non-hydrogen) atoms. The number of hydrogen-bond donors (Lipinski definition) is 0. The zero-order valence-corrected chi connectivity index (χ0v) is 5.73. The van der Waals surface area contributed by atoms with Crippen molar-refractivity contribution in [2.45, 2.75) is 0 Å². The van der Waals surface area contributed by atoms with Gasteiger partial charge in [-0.1, -0.05) is 12.2 Å². The summed E-state index contributed by atoms with van der Waals surface area (Å²) < 4.78 is 0. The molecule has 1 aliphatic heterocycles. The van der Waals surface area contributed by atoms with Crippen molar-refractivity contribution < 1.29 is 5.11 Å². The van der Waals surface area contributed by atoms with Gasteiger partial charge < -0.3 is 4.90 Å². The van der Waals surface area contributed by atoms with Gasteiger partial charge in [-0.25, -0.2) is 5.11 Å².